The molecule has 12 heavy (non-hydrogen) atoms. The van der Waals surface area contributed by atoms with E-state index in [1.807, 2.05) is 18.7 Å². The van der Waals surface area contributed by atoms with Crippen LogP contribution < -0.4 is 0 Å². The van der Waals surface area contributed by atoms with E-state index in [0.717, 1.165) is 6.42 Å². The molecule has 1 heterocycles. The van der Waals surface area contributed by atoms with Gasteiger partial charge in [-0.15, -0.1) is 11.8 Å². The van der Waals surface area contributed by atoms with Gasteiger partial charge < -0.3 is 0 Å². The summed E-state index contributed by atoms with van der Waals surface area (Å²) in [5.41, 5.74) is 0.449. The SMILES string of the molecule is CCC=S.CN1CSCC1(C)C. The molecule has 0 aliphatic carbocycles. The molecule has 0 spiro atoms. The molecule has 0 aromatic rings. The molecule has 0 aromatic heterocycles. The van der Waals surface area contributed by atoms with Crippen molar-refractivity contribution in [3.63, 3.8) is 0 Å². The third-order valence-corrected chi connectivity index (χ3v) is 3.75. The number of thiocarbonyl (C=S) groups is 1. The van der Waals surface area contributed by atoms with Gasteiger partial charge in [-0.05, 0) is 32.7 Å². The average molecular weight is 205 g/mol. The van der Waals surface area contributed by atoms with Crippen molar-refractivity contribution in [3.05, 3.63) is 0 Å². The van der Waals surface area contributed by atoms with Crippen molar-refractivity contribution in [1.82, 2.24) is 4.90 Å². The van der Waals surface area contributed by atoms with E-state index in [9.17, 15) is 0 Å². The van der Waals surface area contributed by atoms with Crippen molar-refractivity contribution in [2.75, 3.05) is 18.7 Å². The van der Waals surface area contributed by atoms with Gasteiger partial charge in [0.25, 0.3) is 0 Å². The molecule has 1 rings (SSSR count). The van der Waals surface area contributed by atoms with Crippen molar-refractivity contribution in [1.29, 1.82) is 0 Å². The van der Waals surface area contributed by atoms with Crippen LogP contribution in [0.5, 0.6) is 0 Å². The summed E-state index contributed by atoms with van der Waals surface area (Å²) in [6, 6.07) is 0. The zero-order valence-electron chi connectivity index (χ0n) is 8.46. The van der Waals surface area contributed by atoms with Crippen molar-refractivity contribution in [2.24, 2.45) is 0 Å². The first-order valence-electron chi connectivity index (χ1n) is 4.27. The fourth-order valence-corrected chi connectivity index (χ4v) is 2.15. The van der Waals surface area contributed by atoms with E-state index in [0.29, 0.717) is 5.54 Å². The van der Waals surface area contributed by atoms with Gasteiger partial charge in [0.2, 0.25) is 0 Å². The molecule has 0 atom stereocenters. The Hall–Kier alpha value is 0.400. The van der Waals surface area contributed by atoms with E-state index in [2.05, 4.69) is 38.0 Å². The molecule has 72 valence electrons. The van der Waals surface area contributed by atoms with Gasteiger partial charge in [-0.1, -0.05) is 19.1 Å². The number of rotatable bonds is 1. The van der Waals surface area contributed by atoms with E-state index in [1.54, 1.807) is 5.37 Å². The van der Waals surface area contributed by atoms with Gasteiger partial charge >= 0.3 is 0 Å². The molecular weight excluding hydrogens is 186 g/mol. The van der Waals surface area contributed by atoms with Crippen molar-refractivity contribution in [3.8, 4) is 0 Å². The molecule has 0 aromatic carbocycles. The standard InChI is InChI=1S/C6H13NS.C3H6S/c1-6(2)4-8-5-7(6)3;1-2-3-4/h4-5H2,1-3H3;3H,2H2,1H3. The minimum Gasteiger partial charge on any atom is -0.291 e. The molecule has 1 fully saturated rings. The maximum atomic E-state index is 4.43. The summed E-state index contributed by atoms with van der Waals surface area (Å²) in [5.74, 6) is 2.48. The predicted octanol–water partition coefficient (Wildman–Crippen LogP) is 2.80. The number of hydrogen-bond acceptors (Lipinski definition) is 3. The summed E-state index contributed by atoms with van der Waals surface area (Å²) in [6.07, 6.45) is 1.01. The second-order valence-electron chi connectivity index (χ2n) is 3.56. The molecule has 0 bridgehead atoms. The molecule has 0 N–H and O–H groups in total. The molecule has 3 heteroatoms. The highest BCUT2D eigenvalue weighted by Crippen LogP contribution is 2.27. The van der Waals surface area contributed by atoms with Crippen LogP contribution in [0.4, 0.5) is 0 Å². The third-order valence-electron chi connectivity index (χ3n) is 1.94. The van der Waals surface area contributed by atoms with Gasteiger partial charge in [-0.25, -0.2) is 0 Å². The minimum atomic E-state index is 0.449. The fourth-order valence-electron chi connectivity index (χ4n) is 0.717. The van der Waals surface area contributed by atoms with Crippen LogP contribution in [-0.2, 0) is 0 Å². The van der Waals surface area contributed by atoms with E-state index < -0.39 is 0 Å². The summed E-state index contributed by atoms with van der Waals surface area (Å²) in [5, 5.41) is 1.71. The van der Waals surface area contributed by atoms with E-state index in [4.69, 9.17) is 0 Å². The van der Waals surface area contributed by atoms with E-state index in [1.165, 1.54) is 11.6 Å². The summed E-state index contributed by atoms with van der Waals surface area (Å²) in [7, 11) is 2.18. The van der Waals surface area contributed by atoms with Crippen LogP contribution in [0.3, 0.4) is 0 Å². The average Bonchev–Trinajstić information content (AvgIpc) is 2.31. The summed E-state index contributed by atoms with van der Waals surface area (Å²) < 4.78 is 0. The lowest BCUT2D eigenvalue weighted by Crippen LogP contribution is -2.36. The summed E-state index contributed by atoms with van der Waals surface area (Å²) >= 11 is 6.44. The van der Waals surface area contributed by atoms with Crippen molar-refractivity contribution >= 4 is 29.3 Å². The molecule has 1 nitrogen and oxygen atoms in total. The van der Waals surface area contributed by atoms with Crippen LogP contribution in [-0.4, -0.2) is 34.5 Å². The first-order chi connectivity index (χ1) is 5.54. The fraction of sp³-hybridized carbons (Fsp3) is 0.889. The Morgan fingerprint density at radius 3 is 2.17 bits per heavy atom. The van der Waals surface area contributed by atoms with Gasteiger partial charge in [0.15, 0.2) is 0 Å². The molecule has 1 aliphatic heterocycles. The van der Waals surface area contributed by atoms with Crippen LogP contribution in [0.1, 0.15) is 27.2 Å². The van der Waals surface area contributed by atoms with Crippen molar-refractivity contribution < 1.29 is 0 Å². The highest BCUT2D eigenvalue weighted by Gasteiger charge is 2.28. The van der Waals surface area contributed by atoms with Crippen LogP contribution in [0.15, 0.2) is 0 Å². The maximum absolute atomic E-state index is 4.43. The highest BCUT2D eigenvalue weighted by molar-refractivity contribution is 7.99. The quantitative estimate of drug-likeness (QED) is 0.606. The second-order valence-corrected chi connectivity index (χ2v) is 4.85. The molecule has 0 saturated carbocycles. The molecule has 0 radical (unpaired) electrons. The number of thioether (sulfide) groups is 1. The van der Waals surface area contributed by atoms with Gasteiger partial charge in [-0.2, -0.15) is 0 Å². The molecule has 0 amide bonds. The summed E-state index contributed by atoms with van der Waals surface area (Å²) in [4.78, 5) is 2.39. The molecule has 1 aliphatic rings. The zero-order chi connectivity index (χ0) is 9.61. The molecular formula is C9H19NS2. The first-order valence-corrected chi connectivity index (χ1v) is 5.90. The molecule has 1 saturated heterocycles. The number of nitrogens with zero attached hydrogens (tertiary/aromatic N) is 1. The van der Waals surface area contributed by atoms with E-state index in [-0.39, 0.29) is 0 Å². The van der Waals surface area contributed by atoms with Gasteiger partial charge in [0, 0.05) is 17.2 Å². The van der Waals surface area contributed by atoms with E-state index >= 15 is 0 Å². The zero-order valence-corrected chi connectivity index (χ0v) is 10.1. The predicted molar refractivity (Wildman–Crippen MR) is 63.1 cm³/mol. The van der Waals surface area contributed by atoms with Gasteiger partial charge in [-0.3, -0.25) is 4.90 Å². The maximum Gasteiger partial charge on any atom is 0.0447 e. The Morgan fingerprint density at radius 2 is 2.08 bits per heavy atom. The Balaban J connectivity index is 0.000000261. The Kier molecular flexibility index (Phi) is 6.14. The monoisotopic (exact) mass is 205 g/mol. The Bertz CT molecular complexity index is 134. The third kappa shape index (κ3) is 4.43. The van der Waals surface area contributed by atoms with Crippen LogP contribution in [0, 0.1) is 0 Å². The lowest BCUT2D eigenvalue weighted by Gasteiger charge is -2.25. The van der Waals surface area contributed by atoms with Crippen LogP contribution in [0.25, 0.3) is 0 Å². The minimum absolute atomic E-state index is 0.449. The Labute approximate surface area is 85.9 Å². The second kappa shape index (κ2) is 5.95. The highest BCUT2D eigenvalue weighted by atomic mass is 32.2. The Morgan fingerprint density at radius 1 is 1.58 bits per heavy atom. The van der Waals surface area contributed by atoms with Gasteiger partial charge in [0.05, 0.1) is 0 Å². The lowest BCUT2D eigenvalue weighted by molar-refractivity contribution is 0.231. The largest absolute Gasteiger partial charge is 0.291 e. The molecule has 0 unspecified atom stereocenters. The summed E-state index contributed by atoms with van der Waals surface area (Å²) in [6.45, 7) is 6.59. The van der Waals surface area contributed by atoms with Gasteiger partial charge in [0.1, 0.15) is 0 Å². The topological polar surface area (TPSA) is 3.24 Å². The van der Waals surface area contributed by atoms with Crippen molar-refractivity contribution in [2.45, 2.75) is 32.7 Å². The lowest BCUT2D eigenvalue weighted by atomic mass is 10.1. The normalized spacial score (nSPS) is 21.3. The number of hydrogen-bond donors (Lipinski definition) is 0. The first kappa shape index (κ1) is 12.4. The van der Waals surface area contributed by atoms with Crippen LogP contribution in [0.2, 0.25) is 0 Å². The van der Waals surface area contributed by atoms with Crippen LogP contribution >= 0.6 is 24.0 Å². The smallest absolute Gasteiger partial charge is 0.0447 e.